The van der Waals surface area contributed by atoms with Gasteiger partial charge in [0.25, 0.3) is 0 Å². The van der Waals surface area contributed by atoms with E-state index in [1.165, 1.54) is 23.9 Å². The number of alkyl halides is 3. The Morgan fingerprint density at radius 3 is 2.53 bits per heavy atom. The predicted molar refractivity (Wildman–Crippen MR) is 67.6 cm³/mol. The lowest BCUT2D eigenvalue weighted by molar-refractivity contribution is -0.0500. The number of carbonyl (C=O) groups excluding carboxylic acids is 1. The molecular formula is C11H11BrF2O2S. The van der Waals surface area contributed by atoms with Crippen molar-refractivity contribution >= 4 is 33.5 Å². The van der Waals surface area contributed by atoms with E-state index in [1.54, 1.807) is 19.2 Å². The first-order valence-electron chi connectivity index (χ1n) is 4.76. The summed E-state index contributed by atoms with van der Waals surface area (Å²) in [7, 11) is 0. The van der Waals surface area contributed by atoms with Gasteiger partial charge in [-0.1, -0.05) is 15.9 Å². The van der Waals surface area contributed by atoms with E-state index in [1.807, 2.05) is 0 Å². The molecule has 0 spiro atoms. The Balaban J connectivity index is 3.09. The van der Waals surface area contributed by atoms with Crippen LogP contribution in [-0.4, -0.2) is 23.5 Å². The summed E-state index contributed by atoms with van der Waals surface area (Å²) >= 11 is 4.51. The number of thioether (sulfide) groups is 1. The van der Waals surface area contributed by atoms with Crippen molar-refractivity contribution in [1.29, 1.82) is 0 Å². The van der Waals surface area contributed by atoms with Crippen molar-refractivity contribution in [1.82, 2.24) is 0 Å². The number of halogens is 3. The lowest BCUT2D eigenvalue weighted by Crippen LogP contribution is -2.11. The molecule has 0 bridgehead atoms. The quantitative estimate of drug-likeness (QED) is 0.465. The Morgan fingerprint density at radius 2 is 2.06 bits per heavy atom. The predicted octanol–water partition coefficient (Wildman–Crippen LogP) is 3.98. The number of ketones is 1. The van der Waals surface area contributed by atoms with Gasteiger partial charge in [-0.25, -0.2) is 0 Å². The second-order valence-corrected chi connectivity index (χ2v) is 5.51. The van der Waals surface area contributed by atoms with Crippen molar-refractivity contribution in [2.75, 3.05) is 6.26 Å². The number of rotatable bonds is 5. The van der Waals surface area contributed by atoms with Crippen molar-refractivity contribution in [2.24, 2.45) is 0 Å². The molecule has 0 aromatic heterocycles. The largest absolute Gasteiger partial charge is 0.435 e. The van der Waals surface area contributed by atoms with Crippen LogP contribution >= 0.6 is 27.7 Å². The highest BCUT2D eigenvalue weighted by Gasteiger charge is 2.15. The fraction of sp³-hybridized carbons (Fsp3) is 0.364. The Hall–Kier alpha value is -0.620. The summed E-state index contributed by atoms with van der Waals surface area (Å²) in [5, 5.41) is 0. The van der Waals surface area contributed by atoms with Crippen molar-refractivity contribution in [3.05, 3.63) is 23.8 Å². The van der Waals surface area contributed by atoms with E-state index >= 15 is 0 Å². The number of carbonyl (C=O) groups is 1. The summed E-state index contributed by atoms with van der Waals surface area (Å²) in [6, 6.07) is 4.46. The van der Waals surface area contributed by atoms with Gasteiger partial charge in [0.05, 0.1) is 4.83 Å². The maximum Gasteiger partial charge on any atom is 0.387 e. The van der Waals surface area contributed by atoms with Crippen molar-refractivity contribution in [3.8, 4) is 5.75 Å². The first kappa shape index (κ1) is 14.4. The number of hydrogen-bond acceptors (Lipinski definition) is 3. The molecule has 0 aliphatic carbocycles. The lowest BCUT2D eigenvalue weighted by atomic mass is 10.1. The van der Waals surface area contributed by atoms with Gasteiger partial charge < -0.3 is 4.74 Å². The van der Waals surface area contributed by atoms with Crippen LogP contribution in [0.3, 0.4) is 0 Å². The summed E-state index contributed by atoms with van der Waals surface area (Å²) < 4.78 is 28.6. The molecule has 1 aromatic rings. The molecule has 17 heavy (non-hydrogen) atoms. The Labute approximate surface area is 111 Å². The number of ether oxygens (including phenoxy) is 1. The maximum atomic E-state index is 12.1. The highest BCUT2D eigenvalue weighted by molar-refractivity contribution is 9.10. The Kier molecular flexibility index (Phi) is 5.39. The standard InChI is InChI=1S/C11H11BrF2O2S/c1-6(12)10(15)7-3-8(16-11(13)14)5-9(4-7)17-2/h3-6,11H,1-2H3. The molecule has 0 fully saturated rings. The van der Waals surface area contributed by atoms with E-state index in [-0.39, 0.29) is 16.4 Å². The van der Waals surface area contributed by atoms with Gasteiger partial charge in [0.1, 0.15) is 5.75 Å². The molecule has 6 heteroatoms. The second kappa shape index (κ2) is 6.35. The zero-order valence-corrected chi connectivity index (χ0v) is 11.6. The smallest absolute Gasteiger partial charge is 0.387 e. The van der Waals surface area contributed by atoms with Gasteiger partial charge in [-0.3, -0.25) is 4.79 Å². The third-order valence-corrected chi connectivity index (χ3v) is 3.11. The molecule has 0 N–H and O–H groups in total. The van der Waals surface area contributed by atoms with E-state index < -0.39 is 6.61 Å². The van der Waals surface area contributed by atoms with Crippen LogP contribution in [0.5, 0.6) is 5.75 Å². The molecule has 1 unspecified atom stereocenters. The number of Topliss-reactive ketones (excluding diaryl/α,β-unsaturated/α-hetero) is 1. The van der Waals surface area contributed by atoms with Crippen LogP contribution in [0.1, 0.15) is 17.3 Å². The third-order valence-electron chi connectivity index (χ3n) is 1.99. The number of benzene rings is 1. The van der Waals surface area contributed by atoms with E-state index in [0.29, 0.717) is 10.5 Å². The van der Waals surface area contributed by atoms with Crippen LogP contribution < -0.4 is 4.74 Å². The van der Waals surface area contributed by atoms with Gasteiger partial charge in [-0.15, -0.1) is 11.8 Å². The molecule has 0 saturated heterocycles. The Morgan fingerprint density at radius 1 is 1.41 bits per heavy atom. The minimum Gasteiger partial charge on any atom is -0.435 e. The van der Waals surface area contributed by atoms with E-state index in [9.17, 15) is 13.6 Å². The summed E-state index contributed by atoms with van der Waals surface area (Å²) in [4.78, 5) is 12.1. The van der Waals surface area contributed by atoms with E-state index in [0.717, 1.165) is 0 Å². The molecule has 0 aliphatic rings. The van der Waals surface area contributed by atoms with E-state index in [2.05, 4.69) is 20.7 Å². The van der Waals surface area contributed by atoms with Crippen molar-refractivity contribution < 1.29 is 18.3 Å². The first-order valence-corrected chi connectivity index (χ1v) is 6.90. The fourth-order valence-electron chi connectivity index (χ4n) is 1.23. The van der Waals surface area contributed by atoms with Crippen LogP contribution in [0.15, 0.2) is 23.1 Å². The zero-order valence-electron chi connectivity index (χ0n) is 9.25. The normalized spacial score (nSPS) is 12.6. The highest BCUT2D eigenvalue weighted by Crippen LogP contribution is 2.26. The van der Waals surface area contributed by atoms with Gasteiger partial charge in [0, 0.05) is 10.5 Å². The van der Waals surface area contributed by atoms with Gasteiger partial charge >= 0.3 is 6.61 Å². The molecule has 2 nitrogen and oxygen atoms in total. The molecule has 1 atom stereocenters. The van der Waals surface area contributed by atoms with E-state index in [4.69, 9.17) is 0 Å². The van der Waals surface area contributed by atoms with Gasteiger partial charge in [0.15, 0.2) is 5.78 Å². The van der Waals surface area contributed by atoms with Gasteiger partial charge in [0.2, 0.25) is 0 Å². The molecular weight excluding hydrogens is 314 g/mol. The summed E-state index contributed by atoms with van der Waals surface area (Å²) in [5.41, 5.74) is 0.358. The molecule has 0 radical (unpaired) electrons. The highest BCUT2D eigenvalue weighted by atomic mass is 79.9. The topological polar surface area (TPSA) is 26.3 Å². The maximum absolute atomic E-state index is 12.1. The third kappa shape index (κ3) is 4.27. The molecule has 1 rings (SSSR count). The zero-order chi connectivity index (χ0) is 13.0. The summed E-state index contributed by atoms with van der Waals surface area (Å²) in [5.74, 6) is -0.164. The first-order chi connectivity index (χ1) is 7.93. The average molecular weight is 325 g/mol. The molecule has 0 aliphatic heterocycles. The van der Waals surface area contributed by atoms with Crippen molar-refractivity contribution in [3.63, 3.8) is 0 Å². The molecule has 0 amide bonds. The Bertz CT molecular complexity index is 410. The van der Waals surface area contributed by atoms with Crippen LogP contribution in [0.25, 0.3) is 0 Å². The summed E-state index contributed by atoms with van der Waals surface area (Å²) in [6.07, 6.45) is 1.80. The molecule has 94 valence electrons. The van der Waals surface area contributed by atoms with Crippen LogP contribution in [-0.2, 0) is 0 Å². The molecule has 0 saturated carbocycles. The minimum absolute atomic E-state index is 0.00310. The van der Waals surface area contributed by atoms with Gasteiger partial charge in [-0.2, -0.15) is 8.78 Å². The fourth-order valence-corrected chi connectivity index (χ4v) is 1.98. The average Bonchev–Trinajstić information content (AvgIpc) is 2.26. The molecule has 1 aromatic carbocycles. The summed E-state index contributed by atoms with van der Waals surface area (Å²) in [6.45, 7) is -1.21. The van der Waals surface area contributed by atoms with Crippen molar-refractivity contribution in [2.45, 2.75) is 23.3 Å². The minimum atomic E-state index is -2.89. The van der Waals surface area contributed by atoms with Crippen LogP contribution in [0.4, 0.5) is 8.78 Å². The lowest BCUT2D eigenvalue weighted by Gasteiger charge is -2.09. The molecule has 0 heterocycles. The monoisotopic (exact) mass is 324 g/mol. The number of hydrogen-bond donors (Lipinski definition) is 0. The van der Waals surface area contributed by atoms with Crippen LogP contribution in [0, 0.1) is 0 Å². The van der Waals surface area contributed by atoms with Crippen LogP contribution in [0.2, 0.25) is 0 Å². The van der Waals surface area contributed by atoms with Gasteiger partial charge in [-0.05, 0) is 31.4 Å². The SMILES string of the molecule is CSc1cc(OC(F)F)cc(C(=O)C(C)Br)c1. The second-order valence-electron chi connectivity index (χ2n) is 3.26.